The second kappa shape index (κ2) is 3.89. The molecule has 0 spiro atoms. The van der Waals surface area contributed by atoms with E-state index in [0.717, 1.165) is 0 Å². The number of fused-ring (bicyclic) bond motifs is 3. The van der Waals surface area contributed by atoms with E-state index in [0.29, 0.717) is 11.5 Å². The molecule has 8 heteroatoms. The maximum atomic E-state index is 13.4. The molecule has 0 aromatic carbocycles. The minimum Gasteiger partial charge on any atom is -0.391 e. The minimum atomic E-state index is -2.57. The number of nitrogens with zero attached hydrogens (tertiary/aromatic N) is 3. The van der Waals surface area contributed by atoms with Crippen LogP contribution in [-0.2, 0) is 0 Å². The van der Waals surface area contributed by atoms with E-state index in [9.17, 15) is 13.9 Å². The zero-order valence-corrected chi connectivity index (χ0v) is 10.0. The van der Waals surface area contributed by atoms with Gasteiger partial charge in [-0.15, -0.1) is 10.2 Å². The molecule has 1 fully saturated rings. The zero-order valence-electron chi connectivity index (χ0n) is 9.28. The number of aromatic nitrogens is 2. The van der Waals surface area contributed by atoms with E-state index in [2.05, 4.69) is 15.5 Å². The molecule has 2 aliphatic rings. The van der Waals surface area contributed by atoms with Crippen LogP contribution < -0.4 is 10.2 Å². The van der Waals surface area contributed by atoms with Crippen LogP contribution in [-0.4, -0.2) is 46.5 Å². The van der Waals surface area contributed by atoms with E-state index in [1.54, 1.807) is 0 Å². The Kier molecular flexibility index (Phi) is 2.56. The molecule has 3 rings (SSSR count). The van der Waals surface area contributed by atoms with E-state index in [1.807, 2.05) is 0 Å². The fourth-order valence-corrected chi connectivity index (χ4v) is 2.83. The number of halogens is 3. The van der Waals surface area contributed by atoms with E-state index in [1.165, 1.54) is 11.0 Å². The maximum Gasteiger partial charge on any atom is 0.263 e. The van der Waals surface area contributed by atoms with Crippen LogP contribution >= 0.6 is 11.6 Å². The minimum absolute atomic E-state index is 0.0248. The first-order valence-corrected chi connectivity index (χ1v) is 5.92. The summed E-state index contributed by atoms with van der Waals surface area (Å²) < 4.78 is 26.7. The number of hydrogen-bond acceptors (Lipinski definition) is 5. The van der Waals surface area contributed by atoms with Crippen LogP contribution in [0.2, 0.25) is 5.15 Å². The van der Waals surface area contributed by atoms with Crippen molar-refractivity contribution >= 4 is 23.1 Å². The standard InChI is InChI=1S/C10H11ClF2N4O/c11-7-1-6-8(16-15-7)14-4-10(9(12)13)2-5(18)3-17(6)10/h1,5,9,18H,2-4H2,(H,14,16)/t5-,10-/m0/s1. The Hall–Kier alpha value is -1.21. The van der Waals surface area contributed by atoms with Crippen LogP contribution in [0, 0.1) is 0 Å². The van der Waals surface area contributed by atoms with Crippen LogP contribution in [0.3, 0.4) is 0 Å². The molecule has 0 unspecified atom stereocenters. The smallest absolute Gasteiger partial charge is 0.263 e. The summed E-state index contributed by atoms with van der Waals surface area (Å²) >= 11 is 5.75. The van der Waals surface area contributed by atoms with Crippen molar-refractivity contribution in [1.29, 1.82) is 0 Å². The summed E-state index contributed by atoms with van der Waals surface area (Å²) in [6.07, 6.45) is -3.32. The van der Waals surface area contributed by atoms with Gasteiger partial charge in [-0.2, -0.15) is 0 Å². The Balaban J connectivity index is 2.10. The average Bonchev–Trinajstić information content (AvgIpc) is 2.67. The lowest BCUT2D eigenvalue weighted by atomic mass is 9.93. The van der Waals surface area contributed by atoms with Gasteiger partial charge in [-0.25, -0.2) is 8.78 Å². The molecular weight excluding hydrogens is 266 g/mol. The molecule has 18 heavy (non-hydrogen) atoms. The molecule has 2 aliphatic heterocycles. The van der Waals surface area contributed by atoms with Gasteiger partial charge in [-0.3, -0.25) is 0 Å². The molecule has 5 nitrogen and oxygen atoms in total. The molecule has 0 amide bonds. The topological polar surface area (TPSA) is 61.3 Å². The van der Waals surface area contributed by atoms with Gasteiger partial charge in [-0.05, 0) is 0 Å². The van der Waals surface area contributed by atoms with Gasteiger partial charge in [0.1, 0.15) is 5.54 Å². The molecule has 1 saturated heterocycles. The largest absolute Gasteiger partial charge is 0.391 e. The predicted octanol–water partition coefficient (Wildman–Crippen LogP) is 1.13. The van der Waals surface area contributed by atoms with E-state index < -0.39 is 18.1 Å². The highest BCUT2D eigenvalue weighted by atomic mass is 35.5. The summed E-state index contributed by atoms with van der Waals surface area (Å²) in [5, 5.41) is 20.2. The fourth-order valence-electron chi connectivity index (χ4n) is 2.69. The Morgan fingerprint density at radius 3 is 3.06 bits per heavy atom. The lowest BCUT2D eigenvalue weighted by Crippen LogP contribution is -2.57. The maximum absolute atomic E-state index is 13.4. The van der Waals surface area contributed by atoms with Gasteiger partial charge in [0.15, 0.2) is 11.0 Å². The number of alkyl halides is 2. The highest BCUT2D eigenvalue weighted by Gasteiger charge is 2.54. The molecule has 0 radical (unpaired) electrons. The highest BCUT2D eigenvalue weighted by molar-refractivity contribution is 6.29. The summed E-state index contributed by atoms with van der Waals surface area (Å²) in [4.78, 5) is 1.49. The summed E-state index contributed by atoms with van der Waals surface area (Å²) in [6, 6.07) is 1.49. The monoisotopic (exact) mass is 276 g/mol. The van der Waals surface area contributed by atoms with Gasteiger partial charge >= 0.3 is 0 Å². The number of aliphatic hydroxyl groups excluding tert-OH is 1. The summed E-state index contributed by atoms with van der Waals surface area (Å²) in [6.45, 7) is 0.187. The Morgan fingerprint density at radius 2 is 2.33 bits per heavy atom. The van der Waals surface area contributed by atoms with Gasteiger partial charge in [0.05, 0.1) is 11.8 Å². The van der Waals surface area contributed by atoms with Crippen molar-refractivity contribution in [2.24, 2.45) is 0 Å². The second-order valence-corrected chi connectivity index (χ2v) is 5.01. The Bertz CT molecular complexity index is 489. The summed E-state index contributed by atoms with van der Waals surface area (Å²) in [7, 11) is 0. The molecule has 98 valence electrons. The second-order valence-electron chi connectivity index (χ2n) is 4.63. The number of anilines is 2. The number of aliphatic hydroxyl groups is 1. The van der Waals surface area contributed by atoms with E-state index >= 15 is 0 Å². The molecule has 2 atom stereocenters. The van der Waals surface area contributed by atoms with Gasteiger partial charge < -0.3 is 15.3 Å². The third-order valence-electron chi connectivity index (χ3n) is 3.52. The molecular formula is C10H11ClF2N4O. The van der Waals surface area contributed by atoms with Gasteiger partial charge in [0.2, 0.25) is 0 Å². The number of hydrogen-bond donors (Lipinski definition) is 2. The Morgan fingerprint density at radius 1 is 1.56 bits per heavy atom. The molecule has 1 aromatic heterocycles. The molecule has 2 N–H and O–H groups in total. The van der Waals surface area contributed by atoms with Crippen LogP contribution in [0.4, 0.5) is 20.3 Å². The van der Waals surface area contributed by atoms with Crippen LogP contribution in [0.25, 0.3) is 0 Å². The van der Waals surface area contributed by atoms with Crippen molar-refractivity contribution in [3.8, 4) is 0 Å². The van der Waals surface area contributed by atoms with Crippen LogP contribution in [0.15, 0.2) is 6.07 Å². The SMILES string of the molecule is O[C@@H]1CN2c3cc(Cl)nnc3NC[C@]2(C(F)F)C1. The van der Waals surface area contributed by atoms with Gasteiger partial charge in [0, 0.05) is 25.6 Å². The molecule has 0 bridgehead atoms. The molecule has 0 saturated carbocycles. The molecule has 3 heterocycles. The van der Waals surface area contributed by atoms with Crippen molar-refractivity contribution in [2.75, 3.05) is 23.3 Å². The lowest BCUT2D eigenvalue weighted by Gasteiger charge is -2.43. The lowest BCUT2D eigenvalue weighted by molar-refractivity contribution is 0.0509. The van der Waals surface area contributed by atoms with Crippen molar-refractivity contribution in [2.45, 2.75) is 24.5 Å². The van der Waals surface area contributed by atoms with Gasteiger partial charge in [0.25, 0.3) is 6.43 Å². The van der Waals surface area contributed by atoms with E-state index in [-0.39, 0.29) is 24.7 Å². The van der Waals surface area contributed by atoms with Crippen molar-refractivity contribution < 1.29 is 13.9 Å². The van der Waals surface area contributed by atoms with Crippen molar-refractivity contribution in [1.82, 2.24) is 10.2 Å². The third-order valence-corrected chi connectivity index (χ3v) is 3.71. The average molecular weight is 277 g/mol. The normalized spacial score (nSPS) is 30.1. The van der Waals surface area contributed by atoms with Crippen molar-refractivity contribution in [3.05, 3.63) is 11.2 Å². The fraction of sp³-hybridized carbons (Fsp3) is 0.600. The first-order chi connectivity index (χ1) is 8.53. The van der Waals surface area contributed by atoms with Gasteiger partial charge in [-0.1, -0.05) is 11.6 Å². The number of β-amino-alcohol motifs (C(OH)–C–C–N with tert-alkyl or cyclic N) is 1. The van der Waals surface area contributed by atoms with Crippen LogP contribution in [0.5, 0.6) is 0 Å². The number of nitrogens with one attached hydrogen (secondary N) is 1. The third kappa shape index (κ3) is 1.54. The first kappa shape index (κ1) is 11.9. The van der Waals surface area contributed by atoms with Crippen molar-refractivity contribution in [3.63, 3.8) is 0 Å². The Labute approximate surface area is 107 Å². The molecule has 1 aromatic rings. The predicted molar refractivity (Wildman–Crippen MR) is 62.2 cm³/mol. The highest BCUT2D eigenvalue weighted by Crippen LogP contribution is 2.44. The molecule has 0 aliphatic carbocycles. The van der Waals surface area contributed by atoms with E-state index in [4.69, 9.17) is 11.6 Å². The quantitative estimate of drug-likeness (QED) is 0.805. The summed E-state index contributed by atoms with van der Waals surface area (Å²) in [5.41, 5.74) is -0.920. The van der Waals surface area contributed by atoms with Crippen LogP contribution in [0.1, 0.15) is 6.42 Å². The number of rotatable bonds is 1. The summed E-state index contributed by atoms with van der Waals surface area (Å²) in [5.74, 6) is 0.421. The first-order valence-electron chi connectivity index (χ1n) is 5.54. The zero-order chi connectivity index (χ0) is 12.9.